The first-order chi connectivity index (χ1) is 16.9. The molecule has 0 aliphatic rings. The number of carbonyl (C=O) groups excluding carboxylic acids is 1. The molecule has 1 atom stereocenters. The van der Waals surface area contributed by atoms with E-state index in [0.717, 1.165) is 35.1 Å². The van der Waals surface area contributed by atoms with Crippen molar-refractivity contribution in [3.05, 3.63) is 69.8 Å². The predicted octanol–water partition coefficient (Wildman–Crippen LogP) is 5.86. The van der Waals surface area contributed by atoms with Crippen molar-refractivity contribution in [2.75, 3.05) is 7.05 Å². The van der Waals surface area contributed by atoms with Gasteiger partial charge in [-0.3, -0.25) is 4.79 Å². The Hall–Kier alpha value is -3.10. The lowest BCUT2D eigenvalue weighted by atomic mass is 9.69. The second-order valence-electron chi connectivity index (χ2n) is 9.77. The van der Waals surface area contributed by atoms with Gasteiger partial charge in [0.2, 0.25) is 0 Å². The van der Waals surface area contributed by atoms with Crippen molar-refractivity contribution in [3.8, 4) is 11.8 Å². The zero-order valence-electron chi connectivity index (χ0n) is 23.0. The molecule has 36 heavy (non-hydrogen) atoms. The lowest BCUT2D eigenvalue weighted by Gasteiger charge is -2.34. The van der Waals surface area contributed by atoms with Crippen LogP contribution in [-0.4, -0.2) is 45.7 Å². The molecule has 0 aliphatic carbocycles. The van der Waals surface area contributed by atoms with Gasteiger partial charge < -0.3 is 15.1 Å². The number of likely N-dealkylation sites (N-methyl/N-ethyl adjacent to an activating group) is 1. The average Bonchev–Trinajstić information content (AvgIpc) is 2.87. The minimum Gasteiger partial charge on any atom is -0.480 e. The van der Waals surface area contributed by atoms with Crippen molar-refractivity contribution >= 4 is 11.9 Å². The van der Waals surface area contributed by atoms with Gasteiger partial charge >= 0.3 is 5.97 Å². The van der Waals surface area contributed by atoms with Crippen LogP contribution in [0.5, 0.6) is 0 Å². The molecular formula is C31H41NO4. The molecule has 2 aromatic carbocycles. The van der Waals surface area contributed by atoms with Crippen molar-refractivity contribution in [1.82, 2.24) is 4.90 Å². The van der Waals surface area contributed by atoms with E-state index in [1.165, 1.54) is 24.4 Å². The van der Waals surface area contributed by atoms with E-state index in [-0.39, 0.29) is 11.3 Å². The summed E-state index contributed by atoms with van der Waals surface area (Å²) >= 11 is 0. The minimum absolute atomic E-state index is 0.239. The molecule has 0 spiro atoms. The molecule has 0 saturated heterocycles. The van der Waals surface area contributed by atoms with Crippen LogP contribution in [0.2, 0.25) is 0 Å². The highest BCUT2D eigenvalue weighted by molar-refractivity contribution is 5.97. The summed E-state index contributed by atoms with van der Waals surface area (Å²) in [5.41, 5.74) is 4.42. The van der Waals surface area contributed by atoms with Crippen LogP contribution in [-0.2, 0) is 10.2 Å². The first kappa shape index (κ1) is 29.1. The zero-order chi connectivity index (χ0) is 27.3. The minimum atomic E-state index is -1.03. The van der Waals surface area contributed by atoms with Crippen LogP contribution < -0.4 is 0 Å². The summed E-state index contributed by atoms with van der Waals surface area (Å²) in [6.07, 6.45) is 2.93. The van der Waals surface area contributed by atoms with E-state index < -0.39 is 17.6 Å². The number of hydrogen-bond acceptors (Lipinski definition) is 3. The van der Waals surface area contributed by atoms with Crippen molar-refractivity contribution in [1.29, 1.82) is 0 Å². The predicted molar refractivity (Wildman–Crippen MR) is 145 cm³/mol. The summed E-state index contributed by atoms with van der Waals surface area (Å²) in [6.45, 7) is 13.7. The normalized spacial score (nSPS) is 12.5. The molecule has 5 nitrogen and oxygen atoms in total. The second kappa shape index (κ2) is 11.8. The fourth-order valence-corrected chi connectivity index (χ4v) is 4.68. The van der Waals surface area contributed by atoms with E-state index in [1.807, 2.05) is 45.9 Å². The number of carboxylic acids is 1. The molecule has 0 bridgehead atoms. The Bertz CT molecular complexity index is 1160. The van der Waals surface area contributed by atoms with Crippen LogP contribution in [0.25, 0.3) is 0 Å². The van der Waals surface area contributed by atoms with Gasteiger partial charge in [-0.05, 0) is 80.8 Å². The number of carbonyl (C=O) groups is 2. The molecular weight excluding hydrogens is 450 g/mol. The molecule has 0 saturated carbocycles. The fourth-order valence-electron chi connectivity index (χ4n) is 4.68. The van der Waals surface area contributed by atoms with Crippen LogP contribution in [0.1, 0.15) is 98.5 Å². The van der Waals surface area contributed by atoms with Crippen molar-refractivity contribution in [2.24, 2.45) is 0 Å². The lowest BCUT2D eigenvalue weighted by Crippen LogP contribution is -2.40. The summed E-state index contributed by atoms with van der Waals surface area (Å²) in [4.78, 5) is 25.6. The Morgan fingerprint density at radius 3 is 1.89 bits per heavy atom. The van der Waals surface area contributed by atoms with E-state index >= 15 is 0 Å². The number of aliphatic hydroxyl groups is 1. The quantitative estimate of drug-likeness (QED) is 0.431. The van der Waals surface area contributed by atoms with Crippen molar-refractivity contribution in [3.63, 3.8) is 0 Å². The highest BCUT2D eigenvalue weighted by atomic mass is 16.4. The SMILES string of the molecule is CCC(O)(C#Cc1ccc(C(CC)(CC)c2ccc(C(=O)N(C)C(C)C(=O)O)c(C)c2)cc1C)CC. The first-order valence-corrected chi connectivity index (χ1v) is 12.9. The molecule has 0 heterocycles. The molecule has 2 aromatic rings. The maximum atomic E-state index is 13.0. The molecule has 5 heteroatoms. The lowest BCUT2D eigenvalue weighted by molar-refractivity contribution is -0.141. The monoisotopic (exact) mass is 491 g/mol. The summed E-state index contributed by atoms with van der Waals surface area (Å²) in [5.74, 6) is 4.90. The Morgan fingerprint density at radius 1 is 0.917 bits per heavy atom. The zero-order valence-corrected chi connectivity index (χ0v) is 23.0. The van der Waals surface area contributed by atoms with E-state index in [1.54, 1.807) is 0 Å². The van der Waals surface area contributed by atoms with Gasteiger partial charge in [0.25, 0.3) is 5.91 Å². The number of aliphatic carboxylic acids is 1. The third kappa shape index (κ3) is 5.82. The number of benzene rings is 2. The topological polar surface area (TPSA) is 77.8 Å². The Morgan fingerprint density at radius 2 is 1.44 bits per heavy atom. The van der Waals surface area contributed by atoms with Gasteiger partial charge in [0.15, 0.2) is 0 Å². The number of carboxylic acid groups (broad SMARTS) is 1. The molecule has 194 valence electrons. The molecule has 2 rings (SSSR count). The largest absolute Gasteiger partial charge is 0.480 e. The van der Waals surface area contributed by atoms with Gasteiger partial charge in [-0.15, -0.1) is 0 Å². The van der Waals surface area contributed by atoms with Gasteiger partial charge in [0.05, 0.1) is 0 Å². The second-order valence-corrected chi connectivity index (χ2v) is 9.77. The smallest absolute Gasteiger partial charge is 0.326 e. The summed E-state index contributed by atoms with van der Waals surface area (Å²) in [6, 6.07) is 11.3. The molecule has 1 unspecified atom stereocenters. The highest BCUT2D eigenvalue weighted by Crippen LogP contribution is 2.40. The molecule has 0 radical (unpaired) electrons. The number of hydrogen-bond donors (Lipinski definition) is 2. The summed E-state index contributed by atoms with van der Waals surface area (Å²) in [7, 11) is 1.52. The average molecular weight is 492 g/mol. The standard InChI is InChI=1S/C31H41NO4/c1-9-30(36,10-2)18-17-24-13-14-25(19-21(24)5)31(11-3,12-4)26-15-16-27(22(6)20-26)28(33)32(8)23(7)29(34)35/h13-16,19-20,23,36H,9-12H2,1-8H3,(H,34,35). The number of rotatable bonds is 9. The van der Waals surface area contributed by atoms with Gasteiger partial charge in [-0.25, -0.2) is 4.79 Å². The third-order valence-electron chi connectivity index (χ3n) is 7.85. The highest BCUT2D eigenvalue weighted by Gasteiger charge is 2.32. The summed E-state index contributed by atoms with van der Waals surface area (Å²) < 4.78 is 0. The van der Waals surface area contributed by atoms with E-state index in [4.69, 9.17) is 0 Å². The van der Waals surface area contributed by atoms with Crippen molar-refractivity contribution in [2.45, 2.75) is 91.2 Å². The van der Waals surface area contributed by atoms with Crippen LogP contribution in [0.3, 0.4) is 0 Å². The van der Waals surface area contributed by atoms with Gasteiger partial charge in [-0.1, -0.05) is 63.8 Å². The molecule has 0 fully saturated rings. The van der Waals surface area contributed by atoms with Crippen molar-refractivity contribution < 1.29 is 19.8 Å². The maximum Gasteiger partial charge on any atom is 0.326 e. The van der Waals surface area contributed by atoms with Crippen LogP contribution >= 0.6 is 0 Å². The fraction of sp³-hybridized carbons (Fsp3) is 0.484. The van der Waals surface area contributed by atoms with Gasteiger partial charge in [0.1, 0.15) is 11.6 Å². The molecule has 0 aromatic heterocycles. The number of aryl methyl sites for hydroxylation is 2. The molecule has 2 N–H and O–H groups in total. The molecule has 1 amide bonds. The number of nitrogens with zero attached hydrogens (tertiary/aromatic N) is 1. The van der Waals surface area contributed by atoms with E-state index in [9.17, 15) is 19.8 Å². The maximum absolute atomic E-state index is 13.0. The summed E-state index contributed by atoms with van der Waals surface area (Å²) in [5, 5.41) is 19.8. The Labute approximate surface area is 216 Å². The Balaban J connectivity index is 2.50. The number of amides is 1. The first-order valence-electron chi connectivity index (χ1n) is 12.9. The third-order valence-corrected chi connectivity index (χ3v) is 7.85. The van der Waals surface area contributed by atoms with Crippen LogP contribution in [0.4, 0.5) is 0 Å². The van der Waals surface area contributed by atoms with Crippen LogP contribution in [0.15, 0.2) is 36.4 Å². The van der Waals surface area contributed by atoms with Gasteiger partial charge in [-0.2, -0.15) is 0 Å². The van der Waals surface area contributed by atoms with Crippen LogP contribution in [0, 0.1) is 25.7 Å². The van der Waals surface area contributed by atoms with E-state index in [2.05, 4.69) is 43.9 Å². The van der Waals surface area contributed by atoms with Gasteiger partial charge in [0, 0.05) is 23.6 Å². The van der Waals surface area contributed by atoms with E-state index in [0.29, 0.717) is 18.4 Å². The molecule has 0 aliphatic heterocycles. The Kier molecular flexibility index (Phi) is 9.51.